The van der Waals surface area contributed by atoms with E-state index >= 15 is 0 Å². The number of hydrogen-bond acceptors (Lipinski definition) is 7. The number of hydrogen-bond donors (Lipinski definition) is 2. The number of aliphatic imine (C=N–C) groups is 1. The van der Waals surface area contributed by atoms with Crippen LogP contribution in [0.2, 0.25) is 0 Å². The SMILES string of the molecule is CN=C(NCCC(=O)N1CCN(c2ncccn2)CC1)NCc1coc(-c2ccccc2)n1.I. The molecule has 0 atom stereocenters. The zero-order valence-electron chi connectivity index (χ0n) is 19.1. The molecule has 0 saturated carbocycles. The topological polar surface area (TPSA) is 112 Å². The van der Waals surface area contributed by atoms with Crippen LogP contribution in [0.25, 0.3) is 11.5 Å². The standard InChI is InChI=1S/C23H28N8O2.HI/c1-24-22(28-16-19-17-33-21(29-19)18-6-3-2-4-7-18)25-11-8-20(32)30-12-14-31(15-13-30)23-26-9-5-10-27-23;/h2-7,9-10,17H,8,11-16H2,1H3,(H2,24,25,28);1H. The van der Waals surface area contributed by atoms with Gasteiger partial charge in [0.15, 0.2) is 5.96 Å². The van der Waals surface area contributed by atoms with Gasteiger partial charge in [-0.1, -0.05) is 18.2 Å². The second kappa shape index (κ2) is 12.9. The highest BCUT2D eigenvalue weighted by atomic mass is 127. The fourth-order valence-electron chi connectivity index (χ4n) is 3.55. The van der Waals surface area contributed by atoms with E-state index in [2.05, 4.69) is 35.5 Å². The van der Waals surface area contributed by atoms with E-state index in [9.17, 15) is 4.79 Å². The Balaban J connectivity index is 0.00000324. The third-order valence-corrected chi connectivity index (χ3v) is 5.33. The number of nitrogens with one attached hydrogen (secondary N) is 2. The number of benzene rings is 1. The van der Waals surface area contributed by atoms with E-state index in [1.54, 1.807) is 31.8 Å². The largest absolute Gasteiger partial charge is 0.444 e. The quantitative estimate of drug-likeness (QED) is 0.250. The summed E-state index contributed by atoms with van der Waals surface area (Å²) in [5.74, 6) is 2.03. The van der Waals surface area contributed by atoms with Crippen molar-refractivity contribution in [1.82, 2.24) is 30.5 Å². The van der Waals surface area contributed by atoms with Gasteiger partial charge in [0.2, 0.25) is 17.7 Å². The molecule has 0 aliphatic carbocycles. The summed E-state index contributed by atoms with van der Waals surface area (Å²) >= 11 is 0. The highest BCUT2D eigenvalue weighted by molar-refractivity contribution is 14.0. The number of halogens is 1. The van der Waals surface area contributed by atoms with Crippen LogP contribution in [0.15, 0.2) is 64.5 Å². The molecule has 2 aromatic heterocycles. The zero-order valence-corrected chi connectivity index (χ0v) is 21.4. The van der Waals surface area contributed by atoms with Crippen LogP contribution in [0.4, 0.5) is 5.95 Å². The van der Waals surface area contributed by atoms with Crippen LogP contribution in [0.1, 0.15) is 12.1 Å². The summed E-state index contributed by atoms with van der Waals surface area (Å²) in [5, 5.41) is 6.38. The van der Waals surface area contributed by atoms with Gasteiger partial charge in [-0.15, -0.1) is 24.0 Å². The Hall–Kier alpha value is -3.22. The lowest BCUT2D eigenvalue weighted by Crippen LogP contribution is -2.50. The maximum Gasteiger partial charge on any atom is 0.226 e. The number of amides is 1. The van der Waals surface area contributed by atoms with Crippen molar-refractivity contribution in [2.75, 3.05) is 44.7 Å². The van der Waals surface area contributed by atoms with E-state index in [-0.39, 0.29) is 29.9 Å². The van der Waals surface area contributed by atoms with Gasteiger partial charge >= 0.3 is 0 Å². The van der Waals surface area contributed by atoms with Crippen LogP contribution in [0, 0.1) is 0 Å². The van der Waals surface area contributed by atoms with Crippen molar-refractivity contribution in [3.8, 4) is 11.5 Å². The van der Waals surface area contributed by atoms with Crippen LogP contribution in [0.3, 0.4) is 0 Å². The van der Waals surface area contributed by atoms with E-state index < -0.39 is 0 Å². The number of nitrogens with zero attached hydrogens (tertiary/aromatic N) is 6. The summed E-state index contributed by atoms with van der Waals surface area (Å²) in [4.78, 5) is 33.8. The summed E-state index contributed by atoms with van der Waals surface area (Å²) in [6.45, 7) is 3.76. The van der Waals surface area contributed by atoms with Gasteiger partial charge in [0.1, 0.15) is 6.26 Å². The Morgan fingerprint density at radius 1 is 1.06 bits per heavy atom. The third-order valence-electron chi connectivity index (χ3n) is 5.33. The fourth-order valence-corrected chi connectivity index (χ4v) is 3.55. The van der Waals surface area contributed by atoms with Gasteiger partial charge in [-0.05, 0) is 18.2 Å². The number of piperazine rings is 1. The molecular weight excluding hydrogens is 547 g/mol. The molecule has 0 unspecified atom stereocenters. The molecule has 1 aliphatic rings. The van der Waals surface area contributed by atoms with Gasteiger partial charge < -0.3 is 24.9 Å². The van der Waals surface area contributed by atoms with Crippen molar-refractivity contribution in [3.05, 3.63) is 60.7 Å². The Labute approximate surface area is 215 Å². The maximum absolute atomic E-state index is 12.6. The number of guanidine groups is 1. The van der Waals surface area contributed by atoms with Crippen LogP contribution >= 0.6 is 24.0 Å². The number of aromatic nitrogens is 3. The second-order valence-corrected chi connectivity index (χ2v) is 7.53. The minimum atomic E-state index is 0. The lowest BCUT2D eigenvalue weighted by Gasteiger charge is -2.34. The zero-order chi connectivity index (χ0) is 22.9. The molecule has 3 aromatic rings. The Bertz CT molecular complexity index is 1050. The van der Waals surface area contributed by atoms with Crippen molar-refractivity contribution < 1.29 is 9.21 Å². The average Bonchev–Trinajstić information content (AvgIpc) is 3.36. The van der Waals surface area contributed by atoms with Crippen LogP contribution in [-0.4, -0.2) is 71.5 Å². The van der Waals surface area contributed by atoms with Gasteiger partial charge in [0.25, 0.3) is 0 Å². The van der Waals surface area contributed by atoms with Crippen molar-refractivity contribution >= 4 is 41.8 Å². The summed E-state index contributed by atoms with van der Waals surface area (Å²) < 4.78 is 5.56. The van der Waals surface area contributed by atoms with Crippen molar-refractivity contribution in [2.24, 2.45) is 4.99 Å². The van der Waals surface area contributed by atoms with Gasteiger partial charge in [-0.2, -0.15) is 0 Å². The van der Waals surface area contributed by atoms with E-state index in [0.717, 1.165) is 24.3 Å². The number of oxazole rings is 1. The summed E-state index contributed by atoms with van der Waals surface area (Å²) in [6, 6.07) is 11.6. The molecule has 0 bridgehead atoms. The first-order chi connectivity index (χ1) is 16.2. The van der Waals surface area contributed by atoms with Crippen molar-refractivity contribution in [2.45, 2.75) is 13.0 Å². The molecule has 1 fully saturated rings. The number of anilines is 1. The molecule has 10 nitrogen and oxygen atoms in total. The molecule has 4 rings (SSSR count). The van der Waals surface area contributed by atoms with Crippen LogP contribution in [0.5, 0.6) is 0 Å². The molecule has 3 heterocycles. The lowest BCUT2D eigenvalue weighted by molar-refractivity contribution is -0.131. The molecule has 0 spiro atoms. The molecule has 180 valence electrons. The molecule has 1 saturated heterocycles. The molecular formula is C23H29IN8O2. The number of rotatable bonds is 7. The fraction of sp³-hybridized carbons (Fsp3) is 0.348. The third kappa shape index (κ3) is 6.89. The van der Waals surface area contributed by atoms with Crippen molar-refractivity contribution in [1.29, 1.82) is 0 Å². The predicted octanol–water partition coefficient (Wildman–Crippen LogP) is 2.15. The molecule has 1 aliphatic heterocycles. The van der Waals surface area contributed by atoms with Crippen LogP contribution < -0.4 is 15.5 Å². The lowest BCUT2D eigenvalue weighted by atomic mass is 10.2. The predicted molar refractivity (Wildman–Crippen MR) is 141 cm³/mol. The van der Waals surface area contributed by atoms with Gasteiger partial charge in [-0.3, -0.25) is 9.79 Å². The minimum absolute atomic E-state index is 0. The molecule has 0 radical (unpaired) electrons. The smallest absolute Gasteiger partial charge is 0.226 e. The van der Waals surface area contributed by atoms with Gasteiger partial charge in [0, 0.05) is 64.1 Å². The first kappa shape index (κ1) is 25.4. The first-order valence-electron chi connectivity index (χ1n) is 11.0. The first-order valence-corrected chi connectivity index (χ1v) is 11.0. The van der Waals surface area contributed by atoms with E-state index in [1.165, 1.54) is 0 Å². The molecule has 11 heteroatoms. The summed E-state index contributed by atoms with van der Waals surface area (Å²) in [6.07, 6.45) is 5.49. The maximum atomic E-state index is 12.6. The molecule has 1 amide bonds. The molecule has 2 N–H and O–H groups in total. The van der Waals surface area contributed by atoms with Gasteiger partial charge in [-0.25, -0.2) is 15.0 Å². The highest BCUT2D eigenvalue weighted by Crippen LogP contribution is 2.17. The average molecular weight is 576 g/mol. The van der Waals surface area contributed by atoms with Gasteiger partial charge in [0.05, 0.1) is 12.2 Å². The molecule has 34 heavy (non-hydrogen) atoms. The van der Waals surface area contributed by atoms with Crippen LogP contribution in [-0.2, 0) is 11.3 Å². The van der Waals surface area contributed by atoms with E-state index in [0.29, 0.717) is 50.4 Å². The second-order valence-electron chi connectivity index (χ2n) is 7.53. The van der Waals surface area contributed by atoms with E-state index in [1.807, 2.05) is 35.2 Å². The summed E-state index contributed by atoms with van der Waals surface area (Å²) in [7, 11) is 1.69. The van der Waals surface area contributed by atoms with Crippen molar-refractivity contribution in [3.63, 3.8) is 0 Å². The Kier molecular flexibility index (Phi) is 9.62. The Morgan fingerprint density at radius 3 is 2.50 bits per heavy atom. The minimum Gasteiger partial charge on any atom is -0.444 e. The number of carbonyl (C=O) groups excluding carboxylic acids is 1. The summed E-state index contributed by atoms with van der Waals surface area (Å²) in [5.41, 5.74) is 1.70. The normalized spacial score (nSPS) is 13.9. The van der Waals surface area contributed by atoms with E-state index in [4.69, 9.17) is 4.42 Å². The Morgan fingerprint density at radius 2 is 1.79 bits per heavy atom. The highest BCUT2D eigenvalue weighted by Gasteiger charge is 2.22. The monoisotopic (exact) mass is 576 g/mol. The molecule has 1 aromatic carbocycles. The number of carbonyl (C=O) groups is 1.